The van der Waals surface area contributed by atoms with Crippen molar-refractivity contribution in [1.82, 2.24) is 9.96 Å². The number of hydrogen-bond acceptors (Lipinski definition) is 8. The molecule has 1 N–H and O–H groups in total. The van der Waals surface area contributed by atoms with Gasteiger partial charge in [0.1, 0.15) is 0 Å². The molecule has 0 aromatic heterocycles. The molecule has 0 aliphatic carbocycles. The highest BCUT2D eigenvalue weighted by atomic mass is 16.7. The third-order valence-corrected chi connectivity index (χ3v) is 7.09. The number of hydroxylamine groups is 2. The molecule has 0 radical (unpaired) electrons. The SMILES string of the molecule is CCCON(CCC)C(=O)CN1CC(c2ccc3c(c2)OCO3)C(C(=O)O)C1CCOc1ccccc1OC. The van der Waals surface area contributed by atoms with E-state index >= 15 is 0 Å². The number of carbonyl (C=O) groups is 2. The predicted molar refractivity (Wildman–Crippen MR) is 143 cm³/mol. The second-order valence-corrected chi connectivity index (χ2v) is 9.70. The molecule has 2 aliphatic rings. The Labute approximate surface area is 229 Å². The number of para-hydroxylation sites is 2. The third-order valence-electron chi connectivity index (χ3n) is 7.09. The molecule has 3 atom stereocenters. The maximum atomic E-state index is 13.3. The van der Waals surface area contributed by atoms with E-state index in [1.807, 2.05) is 61.2 Å². The van der Waals surface area contributed by atoms with Crippen LogP contribution in [0.15, 0.2) is 42.5 Å². The standard InChI is InChI=1S/C29H38N2O8/c1-4-13-31(39-14-5-2)27(32)18-30-17-21(20-10-11-25-26(16-20)38-19-37-25)28(29(33)34)22(30)12-15-36-24-9-7-6-8-23(24)35-3/h6-11,16,21-22,28H,4-5,12-15,17-19H2,1-3H3,(H,33,34). The van der Waals surface area contributed by atoms with Gasteiger partial charge in [-0.1, -0.05) is 32.0 Å². The van der Waals surface area contributed by atoms with Gasteiger partial charge in [0.05, 0.1) is 32.8 Å². The van der Waals surface area contributed by atoms with Gasteiger partial charge >= 0.3 is 5.97 Å². The summed E-state index contributed by atoms with van der Waals surface area (Å²) in [5.74, 6) is 0.228. The lowest BCUT2D eigenvalue weighted by molar-refractivity contribution is -0.188. The lowest BCUT2D eigenvalue weighted by Crippen LogP contribution is -2.45. The van der Waals surface area contributed by atoms with Gasteiger partial charge in [0.25, 0.3) is 5.91 Å². The zero-order valence-electron chi connectivity index (χ0n) is 22.8. The fourth-order valence-electron chi connectivity index (χ4n) is 5.28. The fraction of sp³-hybridized carbons (Fsp3) is 0.517. The molecule has 10 heteroatoms. The van der Waals surface area contributed by atoms with Crippen LogP contribution < -0.4 is 18.9 Å². The average molecular weight is 543 g/mol. The van der Waals surface area contributed by atoms with Crippen molar-refractivity contribution < 1.29 is 38.5 Å². The quantitative estimate of drug-likeness (QED) is 0.355. The number of hydrogen-bond donors (Lipinski definition) is 1. The van der Waals surface area contributed by atoms with Crippen molar-refractivity contribution in [3.63, 3.8) is 0 Å². The van der Waals surface area contributed by atoms with E-state index in [9.17, 15) is 14.7 Å². The van der Waals surface area contributed by atoms with E-state index in [1.165, 1.54) is 5.06 Å². The summed E-state index contributed by atoms with van der Waals surface area (Å²) in [6.07, 6.45) is 1.95. The minimum Gasteiger partial charge on any atom is -0.493 e. The van der Waals surface area contributed by atoms with Crippen molar-refractivity contribution in [2.45, 2.75) is 45.1 Å². The van der Waals surface area contributed by atoms with E-state index in [4.69, 9.17) is 23.8 Å². The summed E-state index contributed by atoms with van der Waals surface area (Å²) in [7, 11) is 1.58. The van der Waals surface area contributed by atoms with Gasteiger partial charge in [-0.15, -0.1) is 0 Å². The summed E-state index contributed by atoms with van der Waals surface area (Å²) >= 11 is 0. The highest BCUT2D eigenvalue weighted by Crippen LogP contribution is 2.43. The number of fused-ring (bicyclic) bond motifs is 1. The number of nitrogens with zero attached hydrogens (tertiary/aromatic N) is 2. The highest BCUT2D eigenvalue weighted by Gasteiger charge is 2.47. The van der Waals surface area contributed by atoms with Crippen LogP contribution in [0.2, 0.25) is 0 Å². The number of benzene rings is 2. The molecule has 3 unspecified atom stereocenters. The number of amides is 1. The molecule has 4 rings (SSSR count). The van der Waals surface area contributed by atoms with Crippen LogP contribution >= 0.6 is 0 Å². The van der Waals surface area contributed by atoms with E-state index in [-0.39, 0.29) is 31.8 Å². The minimum atomic E-state index is -0.914. The lowest BCUT2D eigenvalue weighted by atomic mass is 9.84. The monoisotopic (exact) mass is 542 g/mol. The van der Waals surface area contributed by atoms with Crippen LogP contribution in [0.3, 0.4) is 0 Å². The molecule has 10 nitrogen and oxygen atoms in total. The Morgan fingerprint density at radius 2 is 1.82 bits per heavy atom. The maximum Gasteiger partial charge on any atom is 0.308 e. The van der Waals surface area contributed by atoms with Crippen LogP contribution in [-0.2, 0) is 14.4 Å². The molecule has 2 aromatic carbocycles. The average Bonchev–Trinajstić information content (AvgIpc) is 3.55. The molecule has 212 valence electrons. The molecule has 2 heterocycles. The van der Waals surface area contributed by atoms with Crippen molar-refractivity contribution in [3.8, 4) is 23.0 Å². The Balaban J connectivity index is 1.57. The van der Waals surface area contributed by atoms with Crippen LogP contribution in [0, 0.1) is 5.92 Å². The number of carbonyl (C=O) groups excluding carboxylic acids is 1. The van der Waals surface area contributed by atoms with Gasteiger partial charge in [0.2, 0.25) is 6.79 Å². The molecule has 0 spiro atoms. The van der Waals surface area contributed by atoms with Crippen molar-refractivity contribution in [1.29, 1.82) is 0 Å². The molecule has 0 bridgehead atoms. The van der Waals surface area contributed by atoms with Crippen molar-refractivity contribution >= 4 is 11.9 Å². The highest BCUT2D eigenvalue weighted by molar-refractivity contribution is 5.78. The van der Waals surface area contributed by atoms with Crippen molar-refractivity contribution in [2.75, 3.05) is 46.8 Å². The number of rotatable bonds is 14. The van der Waals surface area contributed by atoms with Crippen molar-refractivity contribution in [2.24, 2.45) is 5.92 Å². The Hall–Kier alpha value is -3.50. The predicted octanol–water partition coefficient (Wildman–Crippen LogP) is 3.94. The van der Waals surface area contributed by atoms with Gasteiger partial charge in [-0.25, -0.2) is 5.06 Å². The van der Waals surface area contributed by atoms with E-state index in [0.717, 1.165) is 18.4 Å². The summed E-state index contributed by atoms with van der Waals surface area (Å²) in [6, 6.07) is 12.4. The van der Waals surface area contributed by atoms with Crippen LogP contribution in [0.25, 0.3) is 0 Å². The summed E-state index contributed by atoms with van der Waals surface area (Å²) in [5, 5.41) is 11.8. The molecule has 1 saturated heterocycles. The maximum absolute atomic E-state index is 13.3. The van der Waals surface area contributed by atoms with E-state index < -0.39 is 17.9 Å². The molecular weight excluding hydrogens is 504 g/mol. The van der Waals surface area contributed by atoms with Crippen molar-refractivity contribution in [3.05, 3.63) is 48.0 Å². The first-order valence-electron chi connectivity index (χ1n) is 13.5. The Kier molecular flexibility index (Phi) is 9.89. The number of methoxy groups -OCH3 is 1. The second kappa shape index (κ2) is 13.5. The first-order chi connectivity index (χ1) is 19.0. The third kappa shape index (κ3) is 6.75. The molecular formula is C29H38N2O8. The summed E-state index contributed by atoms with van der Waals surface area (Å²) in [4.78, 5) is 33.7. The molecule has 2 aromatic rings. The molecule has 2 aliphatic heterocycles. The van der Waals surface area contributed by atoms with Gasteiger partial charge < -0.3 is 24.1 Å². The van der Waals surface area contributed by atoms with Crippen LogP contribution in [0.4, 0.5) is 0 Å². The zero-order chi connectivity index (χ0) is 27.8. The Morgan fingerprint density at radius 3 is 2.54 bits per heavy atom. The van der Waals surface area contributed by atoms with Gasteiger partial charge in [-0.3, -0.25) is 19.3 Å². The van der Waals surface area contributed by atoms with E-state index in [1.54, 1.807) is 7.11 Å². The van der Waals surface area contributed by atoms with Gasteiger partial charge in [0, 0.05) is 25.0 Å². The van der Waals surface area contributed by atoms with E-state index in [0.29, 0.717) is 49.1 Å². The number of ether oxygens (including phenoxy) is 4. The first kappa shape index (κ1) is 28.5. The molecule has 0 saturated carbocycles. The normalized spacial score (nSPS) is 20.1. The van der Waals surface area contributed by atoms with Gasteiger partial charge in [0.15, 0.2) is 23.0 Å². The van der Waals surface area contributed by atoms with Crippen LogP contribution in [0.5, 0.6) is 23.0 Å². The largest absolute Gasteiger partial charge is 0.493 e. The van der Waals surface area contributed by atoms with E-state index in [2.05, 4.69) is 0 Å². The summed E-state index contributed by atoms with van der Waals surface area (Å²) in [6.45, 7) is 5.74. The van der Waals surface area contributed by atoms with Gasteiger partial charge in [-0.2, -0.15) is 0 Å². The second-order valence-electron chi connectivity index (χ2n) is 9.70. The smallest absolute Gasteiger partial charge is 0.308 e. The zero-order valence-corrected chi connectivity index (χ0v) is 22.8. The van der Waals surface area contributed by atoms with Gasteiger partial charge in [-0.05, 0) is 49.1 Å². The summed E-state index contributed by atoms with van der Waals surface area (Å²) < 4.78 is 22.4. The number of likely N-dealkylation sites (tertiary alicyclic amines) is 1. The molecule has 39 heavy (non-hydrogen) atoms. The Morgan fingerprint density at radius 1 is 1.05 bits per heavy atom. The first-order valence-corrected chi connectivity index (χ1v) is 13.5. The summed E-state index contributed by atoms with van der Waals surface area (Å²) in [5.41, 5.74) is 0.838. The lowest BCUT2D eigenvalue weighted by Gasteiger charge is -2.29. The molecule has 1 amide bonds. The number of carboxylic acids is 1. The number of carboxylic acid groups (broad SMARTS) is 1. The Bertz CT molecular complexity index is 1130. The molecule has 1 fully saturated rings. The topological polar surface area (TPSA) is 107 Å². The number of aliphatic carboxylic acids is 1. The minimum absolute atomic E-state index is 0.0495. The fourth-order valence-corrected chi connectivity index (χ4v) is 5.28. The van der Waals surface area contributed by atoms with Crippen LogP contribution in [-0.4, -0.2) is 79.7 Å². The van der Waals surface area contributed by atoms with Crippen LogP contribution in [0.1, 0.15) is 44.6 Å².